The maximum atomic E-state index is 12.3. The Balaban J connectivity index is 1.99. The van der Waals surface area contributed by atoms with Crippen LogP contribution in [0.5, 0.6) is 0 Å². The fourth-order valence-corrected chi connectivity index (χ4v) is 2.56. The number of carboxylic acid groups (broad SMARTS) is 1. The number of carboxylic acids is 1. The van der Waals surface area contributed by atoms with Crippen molar-refractivity contribution in [3.8, 4) is 0 Å². The summed E-state index contributed by atoms with van der Waals surface area (Å²) in [4.78, 5) is 24.4. The number of benzene rings is 1. The Kier molecular flexibility index (Phi) is 6.37. The molecular formula is C18H23NO5. The van der Waals surface area contributed by atoms with Crippen LogP contribution >= 0.6 is 0 Å². The smallest absolute Gasteiger partial charge is 0.414 e. The van der Waals surface area contributed by atoms with E-state index in [2.05, 4.69) is 6.08 Å². The zero-order valence-electron chi connectivity index (χ0n) is 13.7. The van der Waals surface area contributed by atoms with Crippen LogP contribution in [0.1, 0.15) is 43.8 Å². The molecule has 0 bridgehead atoms. The molecule has 0 unspecified atom stereocenters. The summed E-state index contributed by atoms with van der Waals surface area (Å²) in [5.74, 6) is -1.31. The molecule has 130 valence electrons. The molecule has 2 N–H and O–H groups in total. The molecule has 24 heavy (non-hydrogen) atoms. The van der Waals surface area contributed by atoms with Crippen LogP contribution in [0.25, 0.3) is 0 Å². The lowest BCUT2D eigenvalue weighted by molar-refractivity contribution is -0.146. The normalized spacial score (nSPS) is 20.3. The first kappa shape index (κ1) is 18.0. The van der Waals surface area contributed by atoms with Gasteiger partial charge in [-0.2, -0.15) is 0 Å². The van der Waals surface area contributed by atoms with Gasteiger partial charge in [-0.3, -0.25) is 4.90 Å². The molecule has 1 aliphatic rings. The number of carbonyl (C=O) groups is 2. The molecule has 0 aromatic heterocycles. The van der Waals surface area contributed by atoms with E-state index in [4.69, 9.17) is 9.84 Å². The Hall–Kier alpha value is -2.34. The van der Waals surface area contributed by atoms with Crippen LogP contribution in [-0.2, 0) is 9.53 Å². The molecule has 1 amide bonds. The lowest BCUT2D eigenvalue weighted by Crippen LogP contribution is -2.30. The maximum absolute atomic E-state index is 12.3. The van der Waals surface area contributed by atoms with Crippen molar-refractivity contribution in [2.24, 2.45) is 0 Å². The standard InChI is InChI=1S/C18H23NO5/c1-19(14-11-9-13(10-12-14)16(20)17(21)22)18(23)24-15-7-5-3-2-4-6-8-15/h5,7,9-12,15-16,20H,2-4,6,8H2,1H3,(H,21,22)/b7-5+/t15-,16+/m0/s1. The van der Waals surface area contributed by atoms with E-state index in [1.165, 1.54) is 23.5 Å². The van der Waals surface area contributed by atoms with Gasteiger partial charge in [0.05, 0.1) is 0 Å². The molecule has 2 rings (SSSR count). The van der Waals surface area contributed by atoms with Gasteiger partial charge in [-0.25, -0.2) is 9.59 Å². The molecule has 1 aromatic carbocycles. The van der Waals surface area contributed by atoms with Gasteiger partial charge in [0.1, 0.15) is 6.10 Å². The number of nitrogens with zero attached hydrogens (tertiary/aromatic N) is 1. The molecule has 6 heteroatoms. The number of hydrogen-bond acceptors (Lipinski definition) is 4. The van der Waals surface area contributed by atoms with Gasteiger partial charge in [-0.1, -0.05) is 24.6 Å². The average molecular weight is 333 g/mol. The molecule has 2 atom stereocenters. The molecule has 0 spiro atoms. The van der Waals surface area contributed by atoms with Crippen molar-refractivity contribution in [3.05, 3.63) is 42.0 Å². The SMILES string of the molecule is CN(C(=O)O[C@H]1/C=C/CCCCC1)c1ccc([C@@H](O)C(=O)O)cc1. The minimum atomic E-state index is -1.57. The summed E-state index contributed by atoms with van der Waals surface area (Å²) in [6.07, 6.45) is 6.93. The highest BCUT2D eigenvalue weighted by Crippen LogP contribution is 2.21. The summed E-state index contributed by atoms with van der Waals surface area (Å²) in [5.41, 5.74) is 0.826. The number of aliphatic carboxylic acids is 1. The molecular weight excluding hydrogens is 310 g/mol. The summed E-state index contributed by atoms with van der Waals surface area (Å²) in [7, 11) is 1.59. The summed E-state index contributed by atoms with van der Waals surface area (Å²) < 4.78 is 5.52. The van der Waals surface area contributed by atoms with Gasteiger partial charge < -0.3 is 14.9 Å². The van der Waals surface area contributed by atoms with Gasteiger partial charge in [0.2, 0.25) is 0 Å². The van der Waals surface area contributed by atoms with E-state index in [0.717, 1.165) is 25.7 Å². The molecule has 6 nitrogen and oxygen atoms in total. The quantitative estimate of drug-likeness (QED) is 0.826. The zero-order chi connectivity index (χ0) is 17.5. The second-order valence-corrected chi connectivity index (χ2v) is 5.88. The number of ether oxygens (including phenoxy) is 1. The molecule has 0 fully saturated rings. The first-order valence-corrected chi connectivity index (χ1v) is 8.11. The maximum Gasteiger partial charge on any atom is 0.414 e. The van der Waals surface area contributed by atoms with Gasteiger partial charge in [-0.05, 0) is 49.5 Å². The highest BCUT2D eigenvalue weighted by atomic mass is 16.6. The fraction of sp³-hybridized carbons (Fsp3) is 0.444. The van der Waals surface area contributed by atoms with E-state index in [1.807, 2.05) is 6.08 Å². The van der Waals surface area contributed by atoms with Crippen LogP contribution in [0.15, 0.2) is 36.4 Å². The van der Waals surface area contributed by atoms with Crippen LogP contribution in [0.2, 0.25) is 0 Å². The Morgan fingerprint density at radius 3 is 2.58 bits per heavy atom. The number of aliphatic hydroxyl groups is 1. The lowest BCUT2D eigenvalue weighted by Gasteiger charge is -2.22. The van der Waals surface area contributed by atoms with E-state index >= 15 is 0 Å². The minimum absolute atomic E-state index is 0.214. The minimum Gasteiger partial charge on any atom is -0.479 e. The van der Waals surface area contributed by atoms with Crippen molar-refractivity contribution in [1.29, 1.82) is 0 Å². The molecule has 0 heterocycles. The fourth-order valence-electron chi connectivity index (χ4n) is 2.56. The highest BCUT2D eigenvalue weighted by Gasteiger charge is 2.19. The van der Waals surface area contributed by atoms with Crippen LogP contribution in [-0.4, -0.2) is 35.4 Å². The van der Waals surface area contributed by atoms with Crippen LogP contribution in [0, 0.1) is 0 Å². The third-order valence-corrected chi connectivity index (χ3v) is 4.07. The van der Waals surface area contributed by atoms with E-state index in [-0.39, 0.29) is 11.7 Å². The van der Waals surface area contributed by atoms with E-state index < -0.39 is 18.2 Å². The first-order chi connectivity index (χ1) is 11.5. The predicted molar refractivity (Wildman–Crippen MR) is 89.9 cm³/mol. The number of amides is 1. The predicted octanol–water partition coefficient (Wildman–Crippen LogP) is 3.27. The summed E-state index contributed by atoms with van der Waals surface area (Å²) >= 11 is 0. The van der Waals surface area contributed by atoms with Crippen LogP contribution < -0.4 is 4.90 Å². The van der Waals surface area contributed by atoms with Crippen molar-refractivity contribution in [1.82, 2.24) is 0 Å². The van der Waals surface area contributed by atoms with Crippen LogP contribution in [0.3, 0.4) is 0 Å². The Morgan fingerprint density at radius 2 is 1.92 bits per heavy atom. The Morgan fingerprint density at radius 1 is 1.21 bits per heavy atom. The summed E-state index contributed by atoms with van der Waals surface area (Å²) in [6, 6.07) is 6.12. The number of hydrogen-bond donors (Lipinski definition) is 2. The summed E-state index contributed by atoms with van der Waals surface area (Å²) in [6.45, 7) is 0. The average Bonchev–Trinajstić information content (AvgIpc) is 2.55. The van der Waals surface area contributed by atoms with Gasteiger partial charge >= 0.3 is 12.1 Å². The van der Waals surface area contributed by atoms with Gasteiger partial charge in [0, 0.05) is 12.7 Å². The number of rotatable bonds is 4. The lowest BCUT2D eigenvalue weighted by atomic mass is 10.0. The van der Waals surface area contributed by atoms with Crippen molar-refractivity contribution >= 4 is 17.7 Å². The van der Waals surface area contributed by atoms with Gasteiger partial charge in [0.25, 0.3) is 0 Å². The Bertz CT molecular complexity index is 596. The van der Waals surface area contributed by atoms with Crippen molar-refractivity contribution < 1.29 is 24.5 Å². The topological polar surface area (TPSA) is 87.1 Å². The third kappa shape index (κ3) is 4.83. The third-order valence-electron chi connectivity index (χ3n) is 4.07. The number of carbonyl (C=O) groups excluding carboxylic acids is 1. The van der Waals surface area contributed by atoms with Gasteiger partial charge in [-0.15, -0.1) is 0 Å². The van der Waals surface area contributed by atoms with Crippen molar-refractivity contribution in [2.45, 2.75) is 44.3 Å². The summed E-state index contributed by atoms with van der Waals surface area (Å²) in [5, 5.41) is 18.3. The molecule has 1 aliphatic carbocycles. The molecule has 1 aromatic rings. The number of allylic oxidation sites excluding steroid dienone is 1. The Labute approximate surface area is 141 Å². The first-order valence-electron chi connectivity index (χ1n) is 8.11. The highest BCUT2D eigenvalue weighted by molar-refractivity contribution is 5.87. The van der Waals surface area contributed by atoms with Gasteiger partial charge in [0.15, 0.2) is 6.10 Å². The van der Waals surface area contributed by atoms with Crippen molar-refractivity contribution in [2.75, 3.05) is 11.9 Å². The molecule has 0 aliphatic heterocycles. The van der Waals surface area contributed by atoms with Crippen LogP contribution in [0.4, 0.5) is 10.5 Å². The number of anilines is 1. The molecule has 0 radical (unpaired) electrons. The van der Waals surface area contributed by atoms with E-state index in [1.54, 1.807) is 19.2 Å². The molecule has 0 saturated heterocycles. The second-order valence-electron chi connectivity index (χ2n) is 5.88. The molecule has 0 saturated carbocycles. The second kappa shape index (κ2) is 8.49. The van der Waals surface area contributed by atoms with Crippen molar-refractivity contribution in [3.63, 3.8) is 0 Å². The monoisotopic (exact) mass is 333 g/mol. The van der Waals surface area contributed by atoms with E-state index in [0.29, 0.717) is 5.69 Å². The van der Waals surface area contributed by atoms with E-state index in [9.17, 15) is 14.7 Å². The largest absolute Gasteiger partial charge is 0.479 e. The number of aliphatic hydroxyl groups excluding tert-OH is 1. The zero-order valence-corrected chi connectivity index (χ0v) is 13.7.